The van der Waals surface area contributed by atoms with Crippen LogP contribution in [0.1, 0.15) is 22.2 Å². The number of anilines is 2. The number of aryl methyl sites for hydroxylation is 1. The Morgan fingerprint density at radius 2 is 1.80 bits per heavy atom. The van der Waals surface area contributed by atoms with Crippen LogP contribution >= 0.6 is 11.3 Å². The molecular weight excluding hydrogens is 570 g/mol. The van der Waals surface area contributed by atoms with Crippen LogP contribution in [-0.4, -0.2) is 76.9 Å². The van der Waals surface area contributed by atoms with E-state index in [1.54, 1.807) is 50.5 Å². The largest absolute Gasteiger partial charge is 0.462 e. The number of ether oxygens (including phenoxy) is 1. The Balaban J connectivity index is 1.37. The van der Waals surface area contributed by atoms with E-state index in [1.807, 2.05) is 4.90 Å². The quantitative estimate of drug-likeness (QED) is 0.298. The molecule has 0 unspecified atom stereocenters. The molecule has 3 aromatic heterocycles. The number of carbonyl (C=O) groups is 2. The highest BCUT2D eigenvalue weighted by Crippen LogP contribution is 2.33. The van der Waals surface area contributed by atoms with Gasteiger partial charge in [-0.15, -0.1) is 11.3 Å². The summed E-state index contributed by atoms with van der Waals surface area (Å²) in [5, 5.41) is 2.61. The minimum atomic E-state index is -4.04. The lowest BCUT2D eigenvalue weighted by molar-refractivity contribution is -0.116. The van der Waals surface area contributed by atoms with E-state index in [-0.39, 0.29) is 40.4 Å². The highest BCUT2D eigenvalue weighted by molar-refractivity contribution is 7.89. The van der Waals surface area contributed by atoms with Gasteiger partial charge in [-0.1, -0.05) is 6.07 Å². The monoisotopic (exact) mass is 597 g/mol. The number of carbonyl (C=O) groups excluding carboxylic acids is 2. The van der Waals surface area contributed by atoms with Crippen molar-refractivity contribution in [2.75, 3.05) is 43.0 Å². The van der Waals surface area contributed by atoms with Crippen LogP contribution < -0.4 is 15.8 Å². The summed E-state index contributed by atoms with van der Waals surface area (Å²) in [6.07, 6.45) is 4.49. The number of sulfonamides is 1. The van der Waals surface area contributed by atoms with Gasteiger partial charge in [0.2, 0.25) is 21.9 Å². The molecule has 0 bridgehead atoms. The van der Waals surface area contributed by atoms with E-state index < -0.39 is 34.0 Å². The van der Waals surface area contributed by atoms with Gasteiger partial charge in [-0.3, -0.25) is 14.2 Å². The second-order valence-electron chi connectivity index (χ2n) is 9.13. The minimum absolute atomic E-state index is 0.0408. The van der Waals surface area contributed by atoms with Gasteiger partial charge in [-0.25, -0.2) is 28.2 Å². The predicted molar refractivity (Wildman–Crippen MR) is 153 cm³/mol. The summed E-state index contributed by atoms with van der Waals surface area (Å²) >= 11 is 1.11. The zero-order valence-electron chi connectivity index (χ0n) is 22.3. The standard InChI is InChI=1S/C26H27N7O6S2/c1-3-39-25(36)18-6-4-7-19(14-18)30-20(34)15-32-16-29-23-21(24(32)35)22(17(2)40-23)41(37,38)33-12-10-31(11-13-33)26-27-8-5-9-28-26/h4-9,14,16H,3,10-13,15H2,1-2H3,(H,30,34). The number of amides is 1. The Bertz CT molecular complexity index is 1760. The van der Waals surface area contributed by atoms with E-state index in [1.165, 1.54) is 16.7 Å². The molecule has 214 valence electrons. The smallest absolute Gasteiger partial charge is 0.338 e. The number of esters is 1. The predicted octanol–water partition coefficient (Wildman–Crippen LogP) is 1.88. The molecule has 1 N–H and O–H groups in total. The van der Waals surface area contributed by atoms with E-state index in [4.69, 9.17) is 4.74 Å². The first kappa shape index (κ1) is 28.3. The lowest BCUT2D eigenvalue weighted by Crippen LogP contribution is -2.49. The lowest BCUT2D eigenvalue weighted by atomic mass is 10.2. The fourth-order valence-corrected chi connectivity index (χ4v) is 7.63. The summed E-state index contributed by atoms with van der Waals surface area (Å²) in [5.74, 6) is -0.546. The maximum absolute atomic E-state index is 13.8. The highest BCUT2D eigenvalue weighted by atomic mass is 32.2. The Kier molecular flexibility index (Phi) is 8.10. The molecule has 1 aliphatic rings. The fraction of sp³-hybridized carbons (Fsp3) is 0.308. The van der Waals surface area contributed by atoms with Gasteiger partial charge in [0.15, 0.2) is 0 Å². The number of nitrogens with zero attached hydrogens (tertiary/aromatic N) is 6. The average molecular weight is 598 g/mol. The normalized spacial score (nSPS) is 14.2. The average Bonchev–Trinajstić information content (AvgIpc) is 3.33. The number of hydrogen-bond donors (Lipinski definition) is 1. The van der Waals surface area contributed by atoms with Gasteiger partial charge in [0.1, 0.15) is 16.3 Å². The fourth-order valence-electron chi connectivity index (χ4n) is 4.54. The summed E-state index contributed by atoms with van der Waals surface area (Å²) in [6.45, 7) is 4.31. The number of aromatic nitrogens is 4. The van der Waals surface area contributed by atoms with E-state index in [0.717, 1.165) is 15.9 Å². The van der Waals surface area contributed by atoms with Crippen molar-refractivity contribution in [3.05, 3.63) is 69.8 Å². The van der Waals surface area contributed by atoms with Crippen LogP contribution in [0.15, 0.2) is 58.7 Å². The van der Waals surface area contributed by atoms with Crippen LogP contribution in [0.2, 0.25) is 0 Å². The van der Waals surface area contributed by atoms with E-state index in [2.05, 4.69) is 20.3 Å². The number of benzene rings is 1. The number of thiophene rings is 1. The molecule has 1 aromatic carbocycles. The maximum Gasteiger partial charge on any atom is 0.338 e. The van der Waals surface area contributed by atoms with Crippen molar-refractivity contribution in [3.63, 3.8) is 0 Å². The van der Waals surface area contributed by atoms with Crippen molar-refractivity contribution in [2.45, 2.75) is 25.3 Å². The van der Waals surface area contributed by atoms with Crippen molar-refractivity contribution in [2.24, 2.45) is 0 Å². The minimum Gasteiger partial charge on any atom is -0.462 e. The molecule has 4 aromatic rings. The van der Waals surface area contributed by atoms with Gasteiger partial charge >= 0.3 is 5.97 Å². The van der Waals surface area contributed by atoms with Crippen molar-refractivity contribution < 1.29 is 22.7 Å². The zero-order valence-corrected chi connectivity index (χ0v) is 23.9. The summed E-state index contributed by atoms with van der Waals surface area (Å²) in [6, 6.07) is 7.94. The van der Waals surface area contributed by atoms with Crippen LogP contribution in [0, 0.1) is 6.92 Å². The zero-order chi connectivity index (χ0) is 29.1. The van der Waals surface area contributed by atoms with Gasteiger partial charge < -0.3 is 15.0 Å². The number of piperazine rings is 1. The Morgan fingerprint density at radius 1 is 1.07 bits per heavy atom. The molecule has 1 saturated heterocycles. The highest BCUT2D eigenvalue weighted by Gasteiger charge is 2.34. The molecule has 15 heteroatoms. The number of fused-ring (bicyclic) bond motifs is 1. The van der Waals surface area contributed by atoms with E-state index in [9.17, 15) is 22.8 Å². The van der Waals surface area contributed by atoms with Gasteiger partial charge in [0.25, 0.3) is 5.56 Å². The first-order chi connectivity index (χ1) is 19.7. The van der Waals surface area contributed by atoms with E-state index in [0.29, 0.717) is 29.6 Å². The number of hydrogen-bond acceptors (Lipinski definition) is 11. The topological polar surface area (TPSA) is 157 Å². The third-order valence-corrected chi connectivity index (χ3v) is 9.66. The molecule has 1 amide bonds. The molecule has 5 rings (SSSR count). The summed E-state index contributed by atoms with van der Waals surface area (Å²) < 4.78 is 35.0. The molecule has 0 saturated carbocycles. The first-order valence-corrected chi connectivity index (χ1v) is 15.0. The molecule has 4 heterocycles. The van der Waals surface area contributed by atoms with Crippen LogP contribution in [0.4, 0.5) is 11.6 Å². The maximum atomic E-state index is 13.8. The third kappa shape index (κ3) is 5.82. The molecule has 0 aliphatic carbocycles. The Hall–Kier alpha value is -4.21. The molecule has 1 aliphatic heterocycles. The first-order valence-electron chi connectivity index (χ1n) is 12.8. The number of rotatable bonds is 8. The molecule has 1 fully saturated rings. The van der Waals surface area contributed by atoms with Crippen molar-refractivity contribution in [3.8, 4) is 0 Å². The van der Waals surface area contributed by atoms with Crippen molar-refractivity contribution in [1.82, 2.24) is 23.8 Å². The van der Waals surface area contributed by atoms with Crippen LogP contribution in [0.3, 0.4) is 0 Å². The molecule has 0 atom stereocenters. The van der Waals surface area contributed by atoms with Gasteiger partial charge in [-0.2, -0.15) is 4.31 Å². The van der Waals surface area contributed by atoms with E-state index >= 15 is 0 Å². The second-order valence-corrected chi connectivity index (χ2v) is 12.2. The summed E-state index contributed by atoms with van der Waals surface area (Å²) in [4.78, 5) is 53.6. The Labute approximate surface area is 239 Å². The van der Waals surface area contributed by atoms with Crippen LogP contribution in [0.5, 0.6) is 0 Å². The third-order valence-electron chi connectivity index (χ3n) is 6.44. The molecule has 0 radical (unpaired) electrons. The van der Waals surface area contributed by atoms with Crippen molar-refractivity contribution >= 4 is 55.1 Å². The SMILES string of the molecule is CCOC(=O)c1cccc(NC(=O)Cn2cnc3sc(C)c(S(=O)(=O)N4CCN(c5ncccn5)CC4)c3c2=O)c1. The van der Waals surface area contributed by atoms with Crippen LogP contribution in [-0.2, 0) is 26.1 Å². The molecule has 41 heavy (non-hydrogen) atoms. The molecular formula is C26H27N7O6S2. The van der Waals surface area contributed by atoms with Gasteiger partial charge in [0, 0.05) is 49.1 Å². The van der Waals surface area contributed by atoms with Gasteiger partial charge in [0.05, 0.1) is 23.9 Å². The summed E-state index contributed by atoms with van der Waals surface area (Å²) in [5.41, 5.74) is -0.0207. The lowest BCUT2D eigenvalue weighted by Gasteiger charge is -2.33. The van der Waals surface area contributed by atoms with Gasteiger partial charge in [-0.05, 0) is 38.1 Å². The molecule has 0 spiro atoms. The number of nitrogens with one attached hydrogen (secondary N) is 1. The van der Waals surface area contributed by atoms with Crippen molar-refractivity contribution in [1.29, 1.82) is 0 Å². The summed E-state index contributed by atoms with van der Waals surface area (Å²) in [7, 11) is -4.04. The van der Waals surface area contributed by atoms with Crippen LogP contribution in [0.25, 0.3) is 10.2 Å². The second kappa shape index (κ2) is 11.7. The Morgan fingerprint density at radius 3 is 2.51 bits per heavy atom. The molecule has 13 nitrogen and oxygen atoms in total.